The van der Waals surface area contributed by atoms with Gasteiger partial charge in [0.1, 0.15) is 11.4 Å². The van der Waals surface area contributed by atoms with Crippen LogP contribution in [-0.2, 0) is 5.75 Å². The summed E-state index contributed by atoms with van der Waals surface area (Å²) in [6.45, 7) is 0. The molecule has 5 rings (SSSR count). The number of pyridine rings is 2. The summed E-state index contributed by atoms with van der Waals surface area (Å²) in [5, 5.41) is 19.3. The minimum absolute atomic E-state index is 0.214. The van der Waals surface area contributed by atoms with E-state index < -0.39 is 0 Å². The molecule has 1 aromatic carbocycles. The third-order valence-corrected chi connectivity index (χ3v) is 5.41. The van der Waals surface area contributed by atoms with E-state index in [1.54, 1.807) is 36.3 Å². The van der Waals surface area contributed by atoms with Gasteiger partial charge in [0.05, 0.1) is 5.69 Å². The molecule has 8 heteroatoms. The zero-order valence-corrected chi connectivity index (χ0v) is 16.1. The van der Waals surface area contributed by atoms with Crippen LogP contribution in [0.15, 0.2) is 84.5 Å². The molecule has 1 N–H and O–H groups in total. The molecule has 4 aromatic heterocycles. The highest BCUT2D eigenvalue weighted by molar-refractivity contribution is 7.98. The number of hydrogen-bond donors (Lipinski definition) is 1. The van der Waals surface area contributed by atoms with Crippen molar-refractivity contribution in [3.8, 4) is 22.8 Å². The van der Waals surface area contributed by atoms with E-state index in [-0.39, 0.29) is 5.75 Å². The Kier molecular flexibility index (Phi) is 4.45. The van der Waals surface area contributed by atoms with Gasteiger partial charge in [-0.25, -0.2) is 4.98 Å². The van der Waals surface area contributed by atoms with Gasteiger partial charge in [0.25, 0.3) is 0 Å². The molecule has 0 atom stereocenters. The number of phenolic OH excluding ortho intramolecular Hbond substituents is 1. The molecule has 5 aromatic rings. The van der Waals surface area contributed by atoms with E-state index in [1.165, 1.54) is 0 Å². The van der Waals surface area contributed by atoms with Gasteiger partial charge in [0.2, 0.25) is 0 Å². The Hall–Kier alpha value is -3.65. The lowest BCUT2D eigenvalue weighted by molar-refractivity contribution is 0.475. The largest absolute Gasteiger partial charge is 0.508 e. The fourth-order valence-electron chi connectivity index (χ4n) is 3.08. The highest BCUT2D eigenvalue weighted by Gasteiger charge is 2.17. The monoisotopic (exact) mass is 400 g/mol. The molecular weight excluding hydrogens is 384 g/mol. The van der Waals surface area contributed by atoms with Crippen molar-refractivity contribution in [1.29, 1.82) is 0 Å². The molecule has 0 amide bonds. The lowest BCUT2D eigenvalue weighted by atomic mass is 10.2. The van der Waals surface area contributed by atoms with Crippen LogP contribution in [0.2, 0.25) is 0 Å². The SMILES string of the molecule is Oc1ccc(-n2c(SCc3cn4ccccc4n3)nnc2-c2ccncc2)cc1. The Morgan fingerprint density at radius 2 is 1.76 bits per heavy atom. The molecule has 0 saturated carbocycles. The molecule has 0 saturated heterocycles. The van der Waals surface area contributed by atoms with Crippen molar-refractivity contribution in [2.45, 2.75) is 10.9 Å². The predicted octanol–water partition coefficient (Wildman–Crippen LogP) is 3.97. The zero-order chi connectivity index (χ0) is 19.6. The minimum atomic E-state index is 0.214. The number of aromatic nitrogens is 6. The summed E-state index contributed by atoms with van der Waals surface area (Å²) in [6, 6.07) is 16.7. The van der Waals surface area contributed by atoms with Gasteiger partial charge in [-0.15, -0.1) is 10.2 Å². The molecule has 142 valence electrons. The number of rotatable bonds is 5. The van der Waals surface area contributed by atoms with Crippen molar-refractivity contribution in [3.05, 3.63) is 85.1 Å². The van der Waals surface area contributed by atoms with E-state index in [2.05, 4.69) is 20.2 Å². The van der Waals surface area contributed by atoms with E-state index in [0.29, 0.717) is 5.75 Å². The number of nitrogens with zero attached hydrogens (tertiary/aromatic N) is 6. The smallest absolute Gasteiger partial charge is 0.196 e. The number of hydrogen-bond acceptors (Lipinski definition) is 6. The first-order valence-electron chi connectivity index (χ1n) is 8.98. The number of benzene rings is 1. The van der Waals surface area contributed by atoms with Gasteiger partial charge in [-0.3, -0.25) is 9.55 Å². The van der Waals surface area contributed by atoms with Gasteiger partial charge in [0, 0.05) is 41.8 Å². The average Bonchev–Trinajstić information content (AvgIpc) is 3.37. The molecule has 0 bridgehead atoms. The Morgan fingerprint density at radius 3 is 2.55 bits per heavy atom. The zero-order valence-electron chi connectivity index (χ0n) is 15.3. The second-order valence-corrected chi connectivity index (χ2v) is 7.32. The van der Waals surface area contributed by atoms with E-state index in [4.69, 9.17) is 0 Å². The summed E-state index contributed by atoms with van der Waals surface area (Å²) in [6.07, 6.45) is 7.47. The Morgan fingerprint density at radius 1 is 0.931 bits per heavy atom. The van der Waals surface area contributed by atoms with Crippen LogP contribution in [0.25, 0.3) is 22.7 Å². The first-order valence-corrected chi connectivity index (χ1v) is 9.97. The maximum Gasteiger partial charge on any atom is 0.196 e. The van der Waals surface area contributed by atoms with Crippen LogP contribution in [0.1, 0.15) is 5.69 Å². The standard InChI is InChI=1S/C21H16N6OS/c28-18-6-4-17(5-7-18)27-20(15-8-10-22-11-9-15)24-25-21(27)29-14-16-13-26-12-2-1-3-19(26)23-16/h1-13,28H,14H2. The molecule has 0 radical (unpaired) electrons. The molecule has 0 aliphatic carbocycles. The van der Waals surface area contributed by atoms with Crippen molar-refractivity contribution >= 4 is 17.4 Å². The van der Waals surface area contributed by atoms with Crippen LogP contribution in [0.5, 0.6) is 5.75 Å². The minimum Gasteiger partial charge on any atom is -0.508 e. The van der Waals surface area contributed by atoms with Gasteiger partial charge in [-0.2, -0.15) is 0 Å². The third-order valence-electron chi connectivity index (χ3n) is 4.44. The Bertz CT molecular complexity index is 1230. The summed E-state index contributed by atoms with van der Waals surface area (Å²) < 4.78 is 3.98. The molecule has 0 aliphatic heterocycles. The second-order valence-electron chi connectivity index (χ2n) is 6.38. The summed E-state index contributed by atoms with van der Waals surface area (Å²) in [5.74, 6) is 1.59. The topological polar surface area (TPSA) is 81.1 Å². The number of imidazole rings is 1. The van der Waals surface area contributed by atoms with E-state index in [0.717, 1.165) is 33.6 Å². The normalized spacial score (nSPS) is 11.2. The highest BCUT2D eigenvalue weighted by Crippen LogP contribution is 2.30. The van der Waals surface area contributed by atoms with Gasteiger partial charge >= 0.3 is 0 Å². The predicted molar refractivity (Wildman–Crippen MR) is 111 cm³/mol. The third kappa shape index (κ3) is 3.45. The van der Waals surface area contributed by atoms with Gasteiger partial charge < -0.3 is 9.51 Å². The molecule has 4 heterocycles. The molecule has 29 heavy (non-hydrogen) atoms. The number of fused-ring (bicyclic) bond motifs is 1. The maximum absolute atomic E-state index is 9.67. The van der Waals surface area contributed by atoms with E-state index in [1.807, 2.05) is 63.8 Å². The van der Waals surface area contributed by atoms with Crippen molar-refractivity contribution in [2.75, 3.05) is 0 Å². The fourth-order valence-corrected chi connectivity index (χ4v) is 3.92. The van der Waals surface area contributed by atoms with Gasteiger partial charge in [-0.05, 0) is 48.5 Å². The van der Waals surface area contributed by atoms with Gasteiger partial charge in [-0.1, -0.05) is 17.8 Å². The van der Waals surface area contributed by atoms with Crippen molar-refractivity contribution < 1.29 is 5.11 Å². The first kappa shape index (κ1) is 17.4. The summed E-state index contributed by atoms with van der Waals surface area (Å²) in [5.41, 5.74) is 3.67. The molecule has 0 aliphatic rings. The molecule has 0 unspecified atom stereocenters. The summed E-state index contributed by atoms with van der Waals surface area (Å²) in [4.78, 5) is 8.73. The summed E-state index contributed by atoms with van der Waals surface area (Å²) in [7, 11) is 0. The molecule has 0 fully saturated rings. The van der Waals surface area contributed by atoms with Crippen LogP contribution in [0.3, 0.4) is 0 Å². The Labute approximate surface area is 170 Å². The number of aromatic hydroxyl groups is 1. The number of phenols is 1. The van der Waals surface area contributed by atoms with Crippen LogP contribution in [0.4, 0.5) is 0 Å². The fraction of sp³-hybridized carbons (Fsp3) is 0.0476. The van der Waals surface area contributed by atoms with E-state index >= 15 is 0 Å². The Balaban J connectivity index is 1.52. The van der Waals surface area contributed by atoms with Gasteiger partial charge in [0.15, 0.2) is 11.0 Å². The maximum atomic E-state index is 9.67. The van der Waals surface area contributed by atoms with Crippen LogP contribution in [-0.4, -0.2) is 34.2 Å². The van der Waals surface area contributed by atoms with Crippen LogP contribution in [0, 0.1) is 0 Å². The number of thioether (sulfide) groups is 1. The molecule has 7 nitrogen and oxygen atoms in total. The van der Waals surface area contributed by atoms with Crippen molar-refractivity contribution in [1.82, 2.24) is 29.1 Å². The van der Waals surface area contributed by atoms with E-state index in [9.17, 15) is 5.11 Å². The van der Waals surface area contributed by atoms with Crippen LogP contribution >= 0.6 is 11.8 Å². The summed E-state index contributed by atoms with van der Waals surface area (Å²) >= 11 is 1.57. The lowest BCUT2D eigenvalue weighted by Crippen LogP contribution is -1.99. The quantitative estimate of drug-likeness (QED) is 0.450. The molecular formula is C21H16N6OS. The highest BCUT2D eigenvalue weighted by atomic mass is 32.2. The second kappa shape index (κ2) is 7.40. The average molecular weight is 400 g/mol. The van der Waals surface area contributed by atoms with Crippen molar-refractivity contribution in [2.24, 2.45) is 0 Å². The van der Waals surface area contributed by atoms with Crippen LogP contribution < -0.4 is 0 Å². The van der Waals surface area contributed by atoms with Crippen molar-refractivity contribution in [3.63, 3.8) is 0 Å². The lowest BCUT2D eigenvalue weighted by Gasteiger charge is -2.10. The molecule has 0 spiro atoms. The first-order chi connectivity index (χ1) is 14.3.